The minimum Gasteiger partial charge on any atom is -0.327 e. The molecule has 4 nitrogen and oxygen atoms in total. The number of hydrogen-bond donors (Lipinski definition) is 0. The van der Waals surface area contributed by atoms with Crippen LogP contribution in [0.3, 0.4) is 0 Å². The normalized spacial score (nSPS) is 11.4. The highest BCUT2D eigenvalue weighted by molar-refractivity contribution is 9.10. The molecule has 0 bridgehead atoms. The van der Waals surface area contributed by atoms with E-state index >= 15 is 0 Å². The minimum absolute atomic E-state index is 0.293. The summed E-state index contributed by atoms with van der Waals surface area (Å²) in [7, 11) is 1.89. The topological polar surface area (TPSA) is 35.6 Å². The number of aryl methyl sites for hydroxylation is 3. The maximum absolute atomic E-state index is 13.6. The van der Waals surface area contributed by atoms with Crippen LogP contribution >= 0.6 is 27.5 Å². The Morgan fingerprint density at radius 3 is 2.86 bits per heavy atom. The van der Waals surface area contributed by atoms with Crippen LogP contribution in [0, 0.1) is 5.82 Å². The summed E-state index contributed by atoms with van der Waals surface area (Å²) in [6.45, 7) is 0.725. The average molecular weight is 372 g/mol. The molecule has 3 aromatic rings. The quantitative estimate of drug-likeness (QED) is 0.656. The number of aromatic nitrogens is 4. The third-order valence-corrected chi connectivity index (χ3v) is 4.22. The predicted octanol–water partition coefficient (Wildman–Crippen LogP) is 3.65. The minimum atomic E-state index is -0.319. The second-order valence-corrected chi connectivity index (χ2v) is 5.96. The summed E-state index contributed by atoms with van der Waals surface area (Å²) in [6, 6.07) is 3.17. The Morgan fingerprint density at radius 1 is 1.38 bits per heavy atom. The fraction of sp³-hybridized carbons (Fsp3) is 0.286. The number of fused-ring (bicyclic) bond motifs is 1. The molecule has 7 heteroatoms. The van der Waals surface area contributed by atoms with E-state index in [1.165, 1.54) is 6.07 Å². The Kier molecular flexibility index (Phi) is 3.99. The van der Waals surface area contributed by atoms with Crippen molar-refractivity contribution in [2.45, 2.75) is 18.8 Å². The van der Waals surface area contributed by atoms with Crippen molar-refractivity contribution in [3.63, 3.8) is 0 Å². The Labute approximate surface area is 134 Å². The van der Waals surface area contributed by atoms with Gasteiger partial charge in [-0.1, -0.05) is 0 Å². The summed E-state index contributed by atoms with van der Waals surface area (Å²) in [5.74, 6) is 0.717. The summed E-state index contributed by atoms with van der Waals surface area (Å²) >= 11 is 9.18. The third kappa shape index (κ3) is 2.82. The van der Waals surface area contributed by atoms with Crippen LogP contribution in [0.1, 0.15) is 11.4 Å². The first kappa shape index (κ1) is 14.5. The molecule has 0 N–H and O–H groups in total. The van der Waals surface area contributed by atoms with Gasteiger partial charge in [0.25, 0.3) is 0 Å². The molecule has 0 atom stereocenters. The largest absolute Gasteiger partial charge is 0.327 e. The lowest BCUT2D eigenvalue weighted by molar-refractivity contribution is 0.622. The van der Waals surface area contributed by atoms with E-state index in [-0.39, 0.29) is 5.82 Å². The van der Waals surface area contributed by atoms with Gasteiger partial charge in [0, 0.05) is 25.9 Å². The molecule has 21 heavy (non-hydrogen) atoms. The van der Waals surface area contributed by atoms with E-state index in [4.69, 9.17) is 11.6 Å². The van der Waals surface area contributed by atoms with Crippen LogP contribution in [0.5, 0.6) is 0 Å². The van der Waals surface area contributed by atoms with Gasteiger partial charge in [0.2, 0.25) is 0 Å². The SMILES string of the molecule is Cn1cc(CCn2c(CCl)nc3cc(F)c(Br)cc32)cn1. The number of benzene rings is 1. The van der Waals surface area contributed by atoms with E-state index in [0.717, 1.165) is 29.9 Å². The van der Waals surface area contributed by atoms with Crippen molar-refractivity contribution in [1.82, 2.24) is 19.3 Å². The Morgan fingerprint density at radius 2 is 2.19 bits per heavy atom. The van der Waals surface area contributed by atoms with E-state index in [0.29, 0.717) is 15.9 Å². The lowest BCUT2D eigenvalue weighted by Crippen LogP contribution is -2.05. The fourth-order valence-electron chi connectivity index (χ4n) is 2.36. The van der Waals surface area contributed by atoms with Crippen molar-refractivity contribution < 1.29 is 4.39 Å². The Bertz CT molecular complexity index is 796. The van der Waals surface area contributed by atoms with Crippen molar-refractivity contribution in [2.24, 2.45) is 7.05 Å². The van der Waals surface area contributed by atoms with Gasteiger partial charge in [-0.25, -0.2) is 9.37 Å². The number of halogens is 3. The first-order valence-corrected chi connectivity index (χ1v) is 7.79. The molecule has 0 amide bonds. The molecule has 1 aromatic carbocycles. The monoisotopic (exact) mass is 370 g/mol. The van der Waals surface area contributed by atoms with E-state index < -0.39 is 0 Å². The van der Waals surface area contributed by atoms with Crippen molar-refractivity contribution in [2.75, 3.05) is 0 Å². The first-order valence-electron chi connectivity index (χ1n) is 6.46. The van der Waals surface area contributed by atoms with Crippen LogP contribution in [0.25, 0.3) is 11.0 Å². The summed E-state index contributed by atoms with van der Waals surface area (Å²) in [4.78, 5) is 4.40. The lowest BCUT2D eigenvalue weighted by atomic mass is 10.2. The molecule has 0 saturated heterocycles. The molecule has 2 heterocycles. The van der Waals surface area contributed by atoms with Crippen LogP contribution < -0.4 is 0 Å². The Hall–Kier alpha value is -1.40. The highest BCUT2D eigenvalue weighted by Gasteiger charge is 2.13. The van der Waals surface area contributed by atoms with Crippen LogP contribution in [-0.2, 0) is 25.9 Å². The van der Waals surface area contributed by atoms with Gasteiger partial charge in [0.05, 0.1) is 27.6 Å². The van der Waals surface area contributed by atoms with Crippen LogP contribution in [0.4, 0.5) is 4.39 Å². The van der Waals surface area contributed by atoms with Gasteiger partial charge in [0.15, 0.2) is 0 Å². The van der Waals surface area contributed by atoms with Crippen molar-refractivity contribution in [3.05, 3.63) is 46.2 Å². The first-order chi connectivity index (χ1) is 10.1. The van der Waals surface area contributed by atoms with Gasteiger partial charge in [-0.3, -0.25) is 4.68 Å². The summed E-state index contributed by atoms with van der Waals surface area (Å²) < 4.78 is 17.8. The number of hydrogen-bond acceptors (Lipinski definition) is 2. The molecular weight excluding hydrogens is 359 g/mol. The van der Waals surface area contributed by atoms with Gasteiger partial charge in [-0.2, -0.15) is 5.10 Å². The van der Waals surface area contributed by atoms with Gasteiger partial charge in [-0.05, 0) is 34.0 Å². The summed E-state index contributed by atoms with van der Waals surface area (Å²) in [5.41, 5.74) is 2.64. The molecule has 0 radical (unpaired) electrons. The molecule has 0 aliphatic rings. The summed E-state index contributed by atoms with van der Waals surface area (Å²) in [5, 5.41) is 4.16. The van der Waals surface area contributed by atoms with Gasteiger partial charge >= 0.3 is 0 Å². The second-order valence-electron chi connectivity index (χ2n) is 4.84. The fourth-order valence-corrected chi connectivity index (χ4v) is 2.90. The standard InChI is InChI=1S/C14H13BrClFN4/c1-20-8-9(7-18-20)2-3-21-13-4-10(15)11(17)5-12(13)19-14(21)6-16/h4-5,7-8H,2-3,6H2,1H3. The molecular formula is C14H13BrClFN4. The van der Waals surface area contributed by atoms with Crippen LogP contribution in [0.2, 0.25) is 0 Å². The second kappa shape index (κ2) is 5.77. The number of rotatable bonds is 4. The summed E-state index contributed by atoms with van der Waals surface area (Å²) in [6.07, 6.45) is 4.64. The van der Waals surface area contributed by atoms with E-state index in [9.17, 15) is 4.39 Å². The van der Waals surface area contributed by atoms with Gasteiger partial charge in [-0.15, -0.1) is 11.6 Å². The van der Waals surface area contributed by atoms with Crippen LogP contribution in [0.15, 0.2) is 29.0 Å². The van der Waals surface area contributed by atoms with Crippen molar-refractivity contribution >= 4 is 38.6 Å². The van der Waals surface area contributed by atoms with Crippen molar-refractivity contribution in [3.8, 4) is 0 Å². The van der Waals surface area contributed by atoms with Gasteiger partial charge in [0.1, 0.15) is 11.6 Å². The average Bonchev–Trinajstić information content (AvgIpc) is 3.01. The molecule has 2 aromatic heterocycles. The molecule has 3 rings (SSSR count). The van der Waals surface area contributed by atoms with Crippen molar-refractivity contribution in [1.29, 1.82) is 0 Å². The van der Waals surface area contributed by atoms with Gasteiger partial charge < -0.3 is 4.57 Å². The number of nitrogens with zero attached hydrogens (tertiary/aromatic N) is 4. The third-order valence-electron chi connectivity index (χ3n) is 3.37. The molecule has 0 saturated carbocycles. The maximum Gasteiger partial charge on any atom is 0.139 e. The van der Waals surface area contributed by atoms with Crippen LogP contribution in [-0.4, -0.2) is 19.3 Å². The molecule has 110 valence electrons. The highest BCUT2D eigenvalue weighted by atomic mass is 79.9. The zero-order valence-electron chi connectivity index (χ0n) is 11.4. The number of imidazole rings is 1. The molecule has 0 spiro atoms. The highest BCUT2D eigenvalue weighted by Crippen LogP contribution is 2.25. The van der Waals surface area contributed by atoms with E-state index in [1.54, 1.807) is 10.7 Å². The van der Waals surface area contributed by atoms with E-state index in [1.807, 2.05) is 24.0 Å². The predicted molar refractivity (Wildman–Crippen MR) is 83.9 cm³/mol. The zero-order valence-corrected chi connectivity index (χ0v) is 13.7. The molecule has 0 aliphatic carbocycles. The number of alkyl halides is 1. The smallest absolute Gasteiger partial charge is 0.139 e. The zero-order chi connectivity index (χ0) is 15.0. The maximum atomic E-state index is 13.6. The molecule has 0 aliphatic heterocycles. The molecule has 0 fully saturated rings. The van der Waals surface area contributed by atoms with E-state index in [2.05, 4.69) is 26.0 Å². The molecule has 0 unspecified atom stereocenters. The Balaban J connectivity index is 1.97. The lowest BCUT2D eigenvalue weighted by Gasteiger charge is -2.07.